The van der Waals surface area contributed by atoms with E-state index in [1.807, 2.05) is 0 Å². The molecule has 1 saturated carbocycles. The summed E-state index contributed by atoms with van der Waals surface area (Å²) < 4.78 is 38.6. The lowest BCUT2D eigenvalue weighted by Gasteiger charge is -2.29. The number of hydrogen-bond donors (Lipinski definition) is 0. The quantitative estimate of drug-likeness (QED) is 0.539. The molecular formula is C9H11F3. The van der Waals surface area contributed by atoms with Gasteiger partial charge in [0.1, 0.15) is 6.17 Å². The number of hydrogen-bond acceptors (Lipinski definition) is 0. The Morgan fingerprint density at radius 3 is 2.33 bits per heavy atom. The molecule has 3 heteroatoms. The van der Waals surface area contributed by atoms with E-state index in [-0.39, 0.29) is 12.8 Å². The number of halogens is 3. The smallest absolute Gasteiger partial charge is 0.247 e. The van der Waals surface area contributed by atoms with Crippen LogP contribution in [0.3, 0.4) is 0 Å². The van der Waals surface area contributed by atoms with Gasteiger partial charge in [0.05, 0.1) is 5.92 Å². The van der Waals surface area contributed by atoms with E-state index in [0.29, 0.717) is 12.8 Å². The molecule has 0 bridgehead atoms. The molecule has 1 aliphatic carbocycles. The number of rotatable bonds is 1. The third kappa shape index (κ3) is 1.74. The monoisotopic (exact) mass is 176 g/mol. The first kappa shape index (κ1) is 9.44. The summed E-state index contributed by atoms with van der Waals surface area (Å²) in [7, 11) is 0. The minimum absolute atomic E-state index is 0.207. The van der Waals surface area contributed by atoms with Crippen molar-refractivity contribution in [2.45, 2.75) is 37.8 Å². The average molecular weight is 176 g/mol. The van der Waals surface area contributed by atoms with Crippen molar-refractivity contribution in [2.24, 2.45) is 5.92 Å². The van der Waals surface area contributed by atoms with Crippen molar-refractivity contribution in [3.05, 3.63) is 0 Å². The molecule has 0 heterocycles. The molecule has 0 aliphatic heterocycles. The number of alkyl halides is 3. The van der Waals surface area contributed by atoms with Gasteiger partial charge in [-0.2, -0.15) is 8.78 Å². The molecular weight excluding hydrogens is 165 g/mol. The van der Waals surface area contributed by atoms with Crippen molar-refractivity contribution in [3.8, 4) is 12.3 Å². The van der Waals surface area contributed by atoms with Gasteiger partial charge in [-0.25, -0.2) is 4.39 Å². The van der Waals surface area contributed by atoms with Gasteiger partial charge < -0.3 is 0 Å². The zero-order valence-electron chi connectivity index (χ0n) is 6.69. The van der Waals surface area contributed by atoms with E-state index < -0.39 is 18.0 Å². The number of terminal acetylenes is 1. The fourth-order valence-corrected chi connectivity index (χ4v) is 1.60. The van der Waals surface area contributed by atoms with Gasteiger partial charge in [-0.1, -0.05) is 12.8 Å². The molecule has 12 heavy (non-hydrogen) atoms. The van der Waals surface area contributed by atoms with Crippen molar-refractivity contribution in [1.82, 2.24) is 0 Å². The Labute approximate surface area is 70.1 Å². The Bertz CT molecular complexity index is 192. The molecule has 0 amide bonds. The van der Waals surface area contributed by atoms with Gasteiger partial charge in [0.2, 0.25) is 0 Å². The Morgan fingerprint density at radius 1 is 1.25 bits per heavy atom. The Balaban J connectivity index is 2.67. The lowest BCUT2D eigenvalue weighted by Crippen LogP contribution is -2.36. The Hall–Kier alpha value is -0.650. The largest absolute Gasteiger partial charge is 0.313 e. The van der Waals surface area contributed by atoms with Crippen LogP contribution >= 0.6 is 0 Å². The van der Waals surface area contributed by atoms with Crippen LogP contribution in [0.15, 0.2) is 0 Å². The lowest BCUT2D eigenvalue weighted by atomic mass is 9.83. The van der Waals surface area contributed by atoms with Crippen molar-refractivity contribution in [2.75, 3.05) is 0 Å². The van der Waals surface area contributed by atoms with Gasteiger partial charge >= 0.3 is 5.92 Å². The minimum atomic E-state index is -3.26. The third-order valence-corrected chi connectivity index (χ3v) is 2.34. The fraction of sp³-hybridized carbons (Fsp3) is 0.778. The van der Waals surface area contributed by atoms with Crippen LogP contribution in [0, 0.1) is 18.3 Å². The SMILES string of the molecule is C#CC(F)(F)[C@H]1CCCCC1F. The van der Waals surface area contributed by atoms with Gasteiger partial charge in [0.15, 0.2) is 0 Å². The summed E-state index contributed by atoms with van der Waals surface area (Å²) in [5.41, 5.74) is 0. The molecule has 2 atom stereocenters. The highest BCUT2D eigenvalue weighted by atomic mass is 19.3. The van der Waals surface area contributed by atoms with Crippen LogP contribution in [-0.2, 0) is 0 Å². The first-order valence-corrected chi connectivity index (χ1v) is 4.07. The van der Waals surface area contributed by atoms with Crippen LogP contribution in [-0.4, -0.2) is 12.1 Å². The van der Waals surface area contributed by atoms with E-state index in [1.165, 1.54) is 5.92 Å². The van der Waals surface area contributed by atoms with E-state index >= 15 is 0 Å². The third-order valence-electron chi connectivity index (χ3n) is 2.34. The molecule has 1 aliphatic rings. The molecule has 1 unspecified atom stereocenters. The summed E-state index contributed by atoms with van der Waals surface area (Å²) in [5.74, 6) is -3.15. The molecule has 1 fully saturated rings. The van der Waals surface area contributed by atoms with E-state index in [4.69, 9.17) is 0 Å². The van der Waals surface area contributed by atoms with E-state index in [1.54, 1.807) is 0 Å². The highest BCUT2D eigenvalue weighted by Crippen LogP contribution is 2.37. The summed E-state index contributed by atoms with van der Waals surface area (Å²) >= 11 is 0. The maximum Gasteiger partial charge on any atom is 0.313 e. The average Bonchev–Trinajstić information content (AvgIpc) is 2.05. The topological polar surface area (TPSA) is 0 Å². The van der Waals surface area contributed by atoms with Crippen LogP contribution < -0.4 is 0 Å². The first-order chi connectivity index (χ1) is 5.58. The second-order valence-electron chi connectivity index (χ2n) is 3.17. The fourth-order valence-electron chi connectivity index (χ4n) is 1.60. The van der Waals surface area contributed by atoms with Crippen molar-refractivity contribution >= 4 is 0 Å². The zero-order valence-corrected chi connectivity index (χ0v) is 6.69. The summed E-state index contributed by atoms with van der Waals surface area (Å²) in [6.07, 6.45) is 4.99. The van der Waals surface area contributed by atoms with Crippen LogP contribution in [0.1, 0.15) is 25.7 Å². The molecule has 0 spiro atoms. The normalized spacial score (nSPS) is 31.2. The first-order valence-electron chi connectivity index (χ1n) is 4.07. The predicted molar refractivity (Wildman–Crippen MR) is 40.6 cm³/mol. The van der Waals surface area contributed by atoms with E-state index in [2.05, 4.69) is 6.42 Å². The summed E-state index contributed by atoms with van der Waals surface area (Å²) in [4.78, 5) is 0. The minimum Gasteiger partial charge on any atom is -0.247 e. The van der Waals surface area contributed by atoms with Crippen molar-refractivity contribution < 1.29 is 13.2 Å². The molecule has 0 nitrogen and oxygen atoms in total. The van der Waals surface area contributed by atoms with E-state index in [0.717, 1.165) is 0 Å². The van der Waals surface area contributed by atoms with E-state index in [9.17, 15) is 13.2 Å². The molecule has 0 aromatic rings. The van der Waals surface area contributed by atoms with Crippen LogP contribution in [0.2, 0.25) is 0 Å². The molecule has 68 valence electrons. The summed E-state index contributed by atoms with van der Waals surface area (Å²) in [5, 5.41) is 0. The molecule has 0 aromatic heterocycles. The molecule has 0 N–H and O–H groups in total. The maximum atomic E-state index is 13.0. The summed E-state index contributed by atoms with van der Waals surface area (Å²) in [6, 6.07) is 0. The van der Waals surface area contributed by atoms with Crippen LogP contribution in [0.25, 0.3) is 0 Å². The molecule has 0 saturated heterocycles. The lowest BCUT2D eigenvalue weighted by molar-refractivity contribution is -0.0505. The molecule has 1 rings (SSSR count). The van der Waals surface area contributed by atoms with Crippen LogP contribution in [0.4, 0.5) is 13.2 Å². The van der Waals surface area contributed by atoms with Crippen molar-refractivity contribution in [1.29, 1.82) is 0 Å². The molecule has 0 aromatic carbocycles. The second-order valence-corrected chi connectivity index (χ2v) is 3.17. The highest BCUT2D eigenvalue weighted by molar-refractivity contribution is 5.06. The Morgan fingerprint density at radius 2 is 1.83 bits per heavy atom. The van der Waals surface area contributed by atoms with Gasteiger partial charge in [0, 0.05) is 0 Å². The van der Waals surface area contributed by atoms with Gasteiger partial charge in [-0.3, -0.25) is 0 Å². The molecule has 0 radical (unpaired) electrons. The standard InChI is InChI=1S/C9H11F3/c1-2-9(11,12)7-5-3-4-6-8(7)10/h1,7-8H,3-6H2/t7-,8?/m0/s1. The van der Waals surface area contributed by atoms with Gasteiger partial charge in [-0.15, -0.1) is 6.42 Å². The zero-order chi connectivity index (χ0) is 9.19. The van der Waals surface area contributed by atoms with Gasteiger partial charge in [0.25, 0.3) is 0 Å². The van der Waals surface area contributed by atoms with Crippen molar-refractivity contribution in [3.63, 3.8) is 0 Å². The maximum absolute atomic E-state index is 13.0. The summed E-state index contributed by atoms with van der Waals surface area (Å²) in [6.45, 7) is 0. The second kappa shape index (κ2) is 3.38. The van der Waals surface area contributed by atoms with Gasteiger partial charge in [-0.05, 0) is 18.8 Å². The highest BCUT2D eigenvalue weighted by Gasteiger charge is 2.43. The van der Waals surface area contributed by atoms with Crippen LogP contribution in [0.5, 0.6) is 0 Å². The Kier molecular flexibility index (Phi) is 2.66. The predicted octanol–water partition coefficient (Wildman–Crippen LogP) is 2.78.